The van der Waals surface area contributed by atoms with Gasteiger partial charge in [-0.3, -0.25) is 4.68 Å². The Labute approximate surface area is 310 Å². The summed E-state index contributed by atoms with van der Waals surface area (Å²) in [7, 11) is 0. The molecule has 50 heavy (non-hydrogen) atoms. The number of benzene rings is 4. The molecule has 0 saturated carbocycles. The fourth-order valence-corrected chi connectivity index (χ4v) is 6.93. The summed E-state index contributed by atoms with van der Waals surface area (Å²) in [6.07, 6.45) is 6.17. The van der Waals surface area contributed by atoms with Crippen LogP contribution >= 0.6 is 0 Å². The summed E-state index contributed by atoms with van der Waals surface area (Å²) < 4.78 is 10.9. The van der Waals surface area contributed by atoms with Crippen molar-refractivity contribution in [3.63, 3.8) is 0 Å². The van der Waals surface area contributed by atoms with E-state index in [2.05, 4.69) is 132 Å². The van der Waals surface area contributed by atoms with E-state index in [4.69, 9.17) is 14.8 Å². The van der Waals surface area contributed by atoms with E-state index in [0.29, 0.717) is 11.5 Å². The first kappa shape index (κ1) is 35.4. The van der Waals surface area contributed by atoms with Crippen molar-refractivity contribution in [2.75, 3.05) is 0 Å². The molecular formula is C44H44N4OPt. The van der Waals surface area contributed by atoms with Crippen LogP contribution in [0.4, 0.5) is 0 Å². The van der Waals surface area contributed by atoms with Gasteiger partial charge >= 0.3 is 21.1 Å². The summed E-state index contributed by atoms with van der Waals surface area (Å²) in [4.78, 5) is 4.78. The van der Waals surface area contributed by atoms with Gasteiger partial charge in [-0.15, -0.1) is 35.7 Å². The second-order valence-corrected chi connectivity index (χ2v) is 14.5. The summed E-state index contributed by atoms with van der Waals surface area (Å²) in [5.74, 6) is 2.14. The van der Waals surface area contributed by atoms with E-state index >= 15 is 0 Å². The van der Waals surface area contributed by atoms with Gasteiger partial charge in [-0.2, -0.15) is 16.7 Å². The van der Waals surface area contributed by atoms with Gasteiger partial charge in [0.1, 0.15) is 5.82 Å². The molecule has 3 heterocycles. The molecule has 0 unspecified atom stereocenters. The van der Waals surface area contributed by atoms with E-state index in [0.717, 1.165) is 68.8 Å². The molecule has 0 radical (unpaired) electrons. The first-order valence-electron chi connectivity index (χ1n) is 17.4. The SMILES string of the molecule is CCCCc1ccc2c(c1)c1ccc(Oc3[c-]c(-n4nc(C)c(-c5ccccc5)c4C)cc(CC(C)(C)C)c3)[c-]c1n2-c1cc(C)ccn1.[Pt+2]. The fraction of sp³-hybridized carbons (Fsp3) is 0.273. The summed E-state index contributed by atoms with van der Waals surface area (Å²) in [5.41, 5.74) is 11.0. The van der Waals surface area contributed by atoms with Crippen LogP contribution < -0.4 is 4.74 Å². The number of ether oxygens (including phenoxy) is 1. The van der Waals surface area contributed by atoms with Crippen LogP contribution in [0.5, 0.6) is 11.5 Å². The smallest absolute Gasteiger partial charge is 0.509 e. The van der Waals surface area contributed by atoms with Crippen LogP contribution in [-0.4, -0.2) is 19.3 Å². The van der Waals surface area contributed by atoms with Crippen LogP contribution in [0.1, 0.15) is 68.6 Å². The van der Waals surface area contributed by atoms with E-state index in [1.165, 1.54) is 29.4 Å². The topological polar surface area (TPSA) is 44.9 Å². The summed E-state index contributed by atoms with van der Waals surface area (Å²) >= 11 is 0. The number of aromatic nitrogens is 4. The summed E-state index contributed by atoms with van der Waals surface area (Å²) in [6, 6.07) is 37.1. The minimum atomic E-state index is 0. The van der Waals surface area contributed by atoms with Crippen molar-refractivity contribution < 1.29 is 25.8 Å². The first-order valence-corrected chi connectivity index (χ1v) is 17.4. The molecule has 0 saturated heterocycles. The third kappa shape index (κ3) is 7.21. The Hall–Kier alpha value is -4.47. The second-order valence-electron chi connectivity index (χ2n) is 14.5. The normalized spacial score (nSPS) is 11.7. The minimum Gasteiger partial charge on any atom is -0.509 e. The molecule has 0 bridgehead atoms. The standard InChI is InChI=1S/C44H44N4O.Pt/c1-8-9-13-32-16-19-40-39(25-32)38-18-17-36(27-41(38)47(40)42-22-29(2)20-21-45-42)49-37-24-33(28-44(5,6)7)23-35(26-37)48-31(4)43(30(3)46-48)34-14-11-10-12-15-34;/h10-12,14-25H,8-9,13,28H2,1-7H3;/q-2;+2. The summed E-state index contributed by atoms with van der Waals surface area (Å²) in [5, 5.41) is 7.33. The van der Waals surface area contributed by atoms with E-state index in [9.17, 15) is 0 Å². The van der Waals surface area contributed by atoms with Gasteiger partial charge < -0.3 is 9.30 Å². The van der Waals surface area contributed by atoms with Gasteiger partial charge in [0.2, 0.25) is 0 Å². The van der Waals surface area contributed by atoms with Crippen LogP contribution in [0.3, 0.4) is 0 Å². The summed E-state index contributed by atoms with van der Waals surface area (Å²) in [6.45, 7) is 15.3. The van der Waals surface area contributed by atoms with E-state index in [1.807, 2.05) is 29.1 Å². The van der Waals surface area contributed by atoms with Gasteiger partial charge in [-0.25, -0.2) is 4.98 Å². The molecule has 6 heteroatoms. The van der Waals surface area contributed by atoms with E-state index in [1.54, 1.807) is 0 Å². The number of nitrogens with zero attached hydrogens (tertiary/aromatic N) is 4. The van der Waals surface area contributed by atoms with Crippen molar-refractivity contribution in [2.24, 2.45) is 5.41 Å². The Bertz CT molecular complexity index is 2290. The Morgan fingerprint density at radius 1 is 0.800 bits per heavy atom. The van der Waals surface area contributed by atoms with E-state index in [-0.39, 0.29) is 26.5 Å². The Balaban J connectivity index is 0.00000432. The quantitative estimate of drug-likeness (QED) is 0.136. The minimum absolute atomic E-state index is 0. The molecule has 0 amide bonds. The molecule has 7 aromatic rings. The van der Waals surface area contributed by atoms with Gasteiger partial charge in [-0.05, 0) is 91.4 Å². The zero-order valence-electron chi connectivity index (χ0n) is 30.0. The maximum absolute atomic E-state index is 6.67. The zero-order chi connectivity index (χ0) is 34.3. The van der Waals surface area contributed by atoms with Crippen molar-refractivity contribution in [3.05, 3.63) is 131 Å². The van der Waals surface area contributed by atoms with Crippen LogP contribution in [0.25, 0.3) is 44.4 Å². The van der Waals surface area contributed by atoms with Crippen molar-refractivity contribution in [1.29, 1.82) is 0 Å². The number of rotatable bonds is 9. The molecule has 4 aromatic carbocycles. The average Bonchev–Trinajstić information content (AvgIpc) is 3.55. The predicted octanol–water partition coefficient (Wildman–Crippen LogP) is 11.3. The van der Waals surface area contributed by atoms with Crippen molar-refractivity contribution >= 4 is 21.8 Å². The van der Waals surface area contributed by atoms with Crippen LogP contribution in [0.2, 0.25) is 0 Å². The molecule has 0 aliphatic rings. The number of hydrogen-bond acceptors (Lipinski definition) is 3. The molecule has 3 aromatic heterocycles. The van der Waals surface area contributed by atoms with Gasteiger partial charge in [-0.1, -0.05) is 82.1 Å². The maximum Gasteiger partial charge on any atom is 2.00 e. The molecule has 0 N–H and O–H groups in total. The van der Waals surface area contributed by atoms with Crippen LogP contribution in [0, 0.1) is 38.3 Å². The van der Waals surface area contributed by atoms with Crippen LogP contribution in [0.15, 0.2) is 91.1 Å². The largest absolute Gasteiger partial charge is 2.00 e. The van der Waals surface area contributed by atoms with E-state index < -0.39 is 0 Å². The number of aryl methyl sites for hydroxylation is 3. The van der Waals surface area contributed by atoms with Crippen LogP contribution in [-0.2, 0) is 33.9 Å². The molecule has 0 spiro atoms. The Kier molecular flexibility index (Phi) is 10.2. The molecule has 0 aliphatic heterocycles. The maximum atomic E-state index is 6.67. The molecule has 0 fully saturated rings. The van der Waals surface area contributed by atoms with Crippen molar-refractivity contribution in [3.8, 4) is 34.1 Å². The Morgan fingerprint density at radius 2 is 1.60 bits per heavy atom. The zero-order valence-corrected chi connectivity index (χ0v) is 32.3. The molecule has 5 nitrogen and oxygen atoms in total. The number of unbranched alkanes of at least 4 members (excludes halogenated alkanes) is 1. The van der Waals surface area contributed by atoms with Gasteiger partial charge in [0.05, 0.1) is 5.69 Å². The molecule has 7 rings (SSSR count). The van der Waals surface area contributed by atoms with Crippen molar-refractivity contribution in [1.82, 2.24) is 19.3 Å². The van der Waals surface area contributed by atoms with Gasteiger partial charge in [0, 0.05) is 34.5 Å². The van der Waals surface area contributed by atoms with Gasteiger partial charge in [0.15, 0.2) is 0 Å². The van der Waals surface area contributed by atoms with Crippen molar-refractivity contribution in [2.45, 2.75) is 74.1 Å². The monoisotopic (exact) mass is 839 g/mol. The predicted molar refractivity (Wildman–Crippen MR) is 201 cm³/mol. The third-order valence-corrected chi connectivity index (χ3v) is 9.09. The Morgan fingerprint density at radius 3 is 2.34 bits per heavy atom. The molecule has 256 valence electrons. The fourth-order valence-electron chi connectivity index (χ4n) is 6.93. The molecule has 0 aliphatic carbocycles. The third-order valence-electron chi connectivity index (χ3n) is 9.09. The first-order chi connectivity index (χ1) is 23.6. The number of hydrogen-bond donors (Lipinski definition) is 0. The average molecular weight is 840 g/mol. The molecule has 0 atom stereocenters. The molecular weight excluding hydrogens is 796 g/mol. The number of pyridine rings is 1. The second kappa shape index (κ2) is 14.4. The number of fused-ring (bicyclic) bond motifs is 3. The van der Waals surface area contributed by atoms with Gasteiger partial charge in [0.25, 0.3) is 0 Å².